The molecule has 4 aromatic carbocycles. The number of hydrogen-bond acceptors (Lipinski definition) is 5. The second-order valence-corrected chi connectivity index (χ2v) is 10.7. The Morgan fingerprint density at radius 1 is 0.810 bits per heavy atom. The average molecular weight is 569 g/mol. The van der Waals surface area contributed by atoms with Gasteiger partial charge in [-0.25, -0.2) is 14.4 Å². The van der Waals surface area contributed by atoms with E-state index in [-0.39, 0.29) is 32.0 Å². The predicted octanol–water partition coefficient (Wildman–Crippen LogP) is 5.27. The summed E-state index contributed by atoms with van der Waals surface area (Å²) in [4.78, 5) is 38.9. The van der Waals surface area contributed by atoms with Crippen LogP contribution in [0.25, 0.3) is 21.9 Å². The lowest BCUT2D eigenvalue weighted by molar-refractivity contribution is -0.155. The summed E-state index contributed by atoms with van der Waals surface area (Å²) >= 11 is 0. The lowest BCUT2D eigenvalue weighted by Crippen LogP contribution is -2.52. The van der Waals surface area contributed by atoms with Crippen LogP contribution >= 0.6 is 0 Å². The van der Waals surface area contributed by atoms with Gasteiger partial charge < -0.3 is 25.2 Å². The number of carboxylic acids is 1. The standard InChI is InChI=1S/C34H36N2O6/c1-23(2)20-36(21-31(37)33(40)42-22-25-9-4-3-5-10-25)34(41)35-30(32(38)39)19-24-15-17-27(18-16-24)29-14-8-12-26-11-6-7-13-28(26)29/h3-18,23,30-31,37H,19-22H2,1-2H3,(H,35,41)(H,38,39)/t30-,31?/m0/s1. The van der Waals surface area contributed by atoms with Crippen molar-refractivity contribution in [3.8, 4) is 11.1 Å². The third-order valence-corrected chi connectivity index (χ3v) is 6.85. The Balaban J connectivity index is 1.40. The zero-order valence-electron chi connectivity index (χ0n) is 23.8. The number of rotatable bonds is 12. The summed E-state index contributed by atoms with van der Waals surface area (Å²) in [6.07, 6.45) is -1.52. The fourth-order valence-corrected chi connectivity index (χ4v) is 4.76. The van der Waals surface area contributed by atoms with Crippen LogP contribution in [0.1, 0.15) is 25.0 Å². The Bertz CT molecular complexity index is 1500. The maximum Gasteiger partial charge on any atom is 0.337 e. The molecule has 0 radical (unpaired) electrons. The van der Waals surface area contributed by atoms with Gasteiger partial charge in [-0.2, -0.15) is 0 Å². The molecular weight excluding hydrogens is 532 g/mol. The fourth-order valence-electron chi connectivity index (χ4n) is 4.76. The molecule has 4 rings (SSSR count). The van der Waals surface area contributed by atoms with Gasteiger partial charge in [0.25, 0.3) is 0 Å². The molecule has 0 aliphatic carbocycles. The van der Waals surface area contributed by atoms with E-state index < -0.39 is 30.1 Å². The highest BCUT2D eigenvalue weighted by molar-refractivity contribution is 5.96. The third kappa shape index (κ3) is 8.17. The van der Waals surface area contributed by atoms with Gasteiger partial charge in [-0.15, -0.1) is 0 Å². The number of fused-ring (bicyclic) bond motifs is 1. The van der Waals surface area contributed by atoms with Crippen molar-refractivity contribution < 1.29 is 29.3 Å². The molecule has 8 heteroatoms. The zero-order chi connectivity index (χ0) is 30.1. The molecule has 2 amide bonds. The van der Waals surface area contributed by atoms with Gasteiger partial charge in [0.15, 0.2) is 6.10 Å². The monoisotopic (exact) mass is 568 g/mol. The number of carboxylic acid groups (broad SMARTS) is 1. The van der Waals surface area contributed by atoms with Gasteiger partial charge in [-0.1, -0.05) is 111 Å². The van der Waals surface area contributed by atoms with Gasteiger partial charge >= 0.3 is 18.0 Å². The number of urea groups is 1. The number of hydrogen-bond donors (Lipinski definition) is 3. The van der Waals surface area contributed by atoms with Gasteiger partial charge in [-0.05, 0) is 38.9 Å². The number of ether oxygens (including phenoxy) is 1. The summed E-state index contributed by atoms with van der Waals surface area (Å²) in [5.74, 6) is -2.04. The van der Waals surface area contributed by atoms with Crippen molar-refractivity contribution in [1.29, 1.82) is 0 Å². The minimum absolute atomic E-state index is 0.00646. The van der Waals surface area contributed by atoms with Crippen LogP contribution in [0.5, 0.6) is 0 Å². The highest BCUT2D eigenvalue weighted by atomic mass is 16.5. The number of aliphatic hydroxyl groups is 1. The molecule has 8 nitrogen and oxygen atoms in total. The van der Waals surface area contributed by atoms with Crippen LogP contribution in [0, 0.1) is 5.92 Å². The van der Waals surface area contributed by atoms with E-state index in [1.54, 1.807) is 12.1 Å². The van der Waals surface area contributed by atoms with Crippen LogP contribution in [0.15, 0.2) is 97.1 Å². The van der Waals surface area contributed by atoms with Crippen molar-refractivity contribution in [2.75, 3.05) is 13.1 Å². The summed E-state index contributed by atoms with van der Waals surface area (Å²) in [7, 11) is 0. The minimum Gasteiger partial charge on any atom is -0.480 e. The number of amides is 2. The number of esters is 1. The van der Waals surface area contributed by atoms with Crippen molar-refractivity contribution in [2.45, 2.75) is 39.0 Å². The Morgan fingerprint density at radius 2 is 1.48 bits per heavy atom. The van der Waals surface area contributed by atoms with Crippen LogP contribution < -0.4 is 5.32 Å². The molecule has 1 unspecified atom stereocenters. The summed E-state index contributed by atoms with van der Waals surface area (Å²) in [5.41, 5.74) is 3.59. The van der Waals surface area contributed by atoms with E-state index in [0.29, 0.717) is 0 Å². The van der Waals surface area contributed by atoms with Crippen molar-refractivity contribution in [3.05, 3.63) is 108 Å². The van der Waals surface area contributed by atoms with Crippen LogP contribution in [0.3, 0.4) is 0 Å². The van der Waals surface area contributed by atoms with Crippen LogP contribution in [0.4, 0.5) is 4.79 Å². The number of aliphatic hydroxyl groups excluding tert-OH is 1. The SMILES string of the molecule is CC(C)CN(CC(O)C(=O)OCc1ccccc1)C(=O)N[C@@H](Cc1ccc(-c2cccc3ccccc23)cc1)C(=O)O. The van der Waals surface area contributed by atoms with Crippen molar-refractivity contribution in [2.24, 2.45) is 5.92 Å². The van der Waals surface area contributed by atoms with Gasteiger partial charge in [0, 0.05) is 13.0 Å². The molecule has 218 valence electrons. The quantitative estimate of drug-likeness (QED) is 0.201. The highest BCUT2D eigenvalue weighted by Gasteiger charge is 2.28. The molecule has 0 fully saturated rings. The zero-order valence-corrected chi connectivity index (χ0v) is 23.8. The maximum absolute atomic E-state index is 13.2. The largest absolute Gasteiger partial charge is 0.480 e. The number of aliphatic carboxylic acids is 1. The smallest absolute Gasteiger partial charge is 0.337 e. The van der Waals surface area contributed by atoms with Crippen molar-refractivity contribution in [3.63, 3.8) is 0 Å². The molecule has 0 heterocycles. The number of benzene rings is 4. The lowest BCUT2D eigenvalue weighted by Gasteiger charge is -2.28. The van der Waals surface area contributed by atoms with E-state index in [9.17, 15) is 24.6 Å². The molecule has 4 aromatic rings. The van der Waals surface area contributed by atoms with E-state index in [1.165, 1.54) is 4.90 Å². The Kier molecular flexibility index (Phi) is 10.3. The molecular formula is C34H36N2O6. The Labute approximate surface area is 245 Å². The number of carbonyl (C=O) groups excluding carboxylic acids is 2. The first-order valence-electron chi connectivity index (χ1n) is 13.9. The molecule has 0 aliphatic rings. The molecule has 42 heavy (non-hydrogen) atoms. The topological polar surface area (TPSA) is 116 Å². The molecule has 0 aromatic heterocycles. The predicted molar refractivity (Wildman–Crippen MR) is 162 cm³/mol. The fraction of sp³-hybridized carbons (Fsp3) is 0.265. The number of nitrogens with one attached hydrogen (secondary N) is 1. The molecule has 0 bridgehead atoms. The van der Waals surface area contributed by atoms with Crippen LogP contribution in [-0.4, -0.2) is 58.3 Å². The first kappa shape index (κ1) is 30.3. The second kappa shape index (κ2) is 14.3. The molecule has 0 saturated carbocycles. The summed E-state index contributed by atoms with van der Waals surface area (Å²) in [6.45, 7) is 3.64. The molecule has 3 N–H and O–H groups in total. The van der Waals surface area contributed by atoms with E-state index >= 15 is 0 Å². The molecule has 0 spiro atoms. The highest BCUT2D eigenvalue weighted by Crippen LogP contribution is 2.28. The summed E-state index contributed by atoms with van der Waals surface area (Å²) in [5, 5.41) is 25.2. The molecule has 0 saturated heterocycles. The molecule has 2 atom stereocenters. The van der Waals surface area contributed by atoms with E-state index in [4.69, 9.17) is 4.74 Å². The Hall–Kier alpha value is -4.69. The second-order valence-electron chi connectivity index (χ2n) is 10.7. The normalized spacial score (nSPS) is 12.5. The first-order chi connectivity index (χ1) is 20.2. The van der Waals surface area contributed by atoms with Gasteiger partial charge in [-0.3, -0.25) is 0 Å². The van der Waals surface area contributed by atoms with E-state index in [0.717, 1.165) is 33.0 Å². The lowest BCUT2D eigenvalue weighted by atomic mass is 9.96. The van der Waals surface area contributed by atoms with Gasteiger partial charge in [0.2, 0.25) is 0 Å². The summed E-state index contributed by atoms with van der Waals surface area (Å²) < 4.78 is 5.20. The molecule has 0 aliphatic heterocycles. The van der Waals surface area contributed by atoms with E-state index in [2.05, 4.69) is 23.5 Å². The minimum atomic E-state index is -1.58. The average Bonchev–Trinajstić information content (AvgIpc) is 2.99. The van der Waals surface area contributed by atoms with Crippen molar-refractivity contribution >= 4 is 28.7 Å². The van der Waals surface area contributed by atoms with Crippen LogP contribution in [-0.2, 0) is 27.4 Å². The van der Waals surface area contributed by atoms with Gasteiger partial charge in [0.1, 0.15) is 12.6 Å². The first-order valence-corrected chi connectivity index (χ1v) is 13.9. The maximum atomic E-state index is 13.2. The third-order valence-electron chi connectivity index (χ3n) is 6.85. The van der Waals surface area contributed by atoms with Crippen LogP contribution in [0.2, 0.25) is 0 Å². The number of nitrogens with zero attached hydrogens (tertiary/aromatic N) is 1. The number of carbonyl (C=O) groups is 3. The Morgan fingerprint density at radius 3 is 2.17 bits per heavy atom. The van der Waals surface area contributed by atoms with E-state index in [1.807, 2.05) is 80.6 Å². The van der Waals surface area contributed by atoms with Gasteiger partial charge in [0.05, 0.1) is 6.54 Å². The summed E-state index contributed by atoms with van der Waals surface area (Å²) in [6, 6.07) is 29.0. The van der Waals surface area contributed by atoms with Crippen molar-refractivity contribution in [1.82, 2.24) is 10.2 Å².